The number of carbonyl (C=O) groups excluding carboxylic acids is 1. The SMILES string of the molecule is NC(=O)C1=CC2=C(C1)OCO2. The summed E-state index contributed by atoms with van der Waals surface area (Å²) in [5.41, 5.74) is 5.61. The van der Waals surface area contributed by atoms with Crippen LogP contribution in [0.5, 0.6) is 0 Å². The van der Waals surface area contributed by atoms with Gasteiger partial charge in [0.15, 0.2) is 5.76 Å². The van der Waals surface area contributed by atoms with E-state index in [9.17, 15) is 4.79 Å². The van der Waals surface area contributed by atoms with Gasteiger partial charge in [-0.1, -0.05) is 0 Å². The van der Waals surface area contributed by atoms with Gasteiger partial charge in [-0.25, -0.2) is 0 Å². The van der Waals surface area contributed by atoms with Crippen molar-refractivity contribution in [2.75, 3.05) is 6.79 Å². The molecule has 0 radical (unpaired) electrons. The monoisotopic (exact) mass is 153 g/mol. The molecule has 0 fully saturated rings. The molecule has 0 aromatic carbocycles. The van der Waals surface area contributed by atoms with Crippen molar-refractivity contribution in [2.45, 2.75) is 6.42 Å². The lowest BCUT2D eigenvalue weighted by Gasteiger charge is -1.99. The molecule has 2 aliphatic rings. The summed E-state index contributed by atoms with van der Waals surface area (Å²) in [6.07, 6.45) is 2.11. The fraction of sp³-hybridized carbons (Fsp3) is 0.286. The Morgan fingerprint density at radius 1 is 1.55 bits per heavy atom. The van der Waals surface area contributed by atoms with Crippen LogP contribution in [0.2, 0.25) is 0 Å². The van der Waals surface area contributed by atoms with Gasteiger partial charge in [0.1, 0.15) is 5.76 Å². The topological polar surface area (TPSA) is 61.6 Å². The Kier molecular flexibility index (Phi) is 1.15. The Balaban J connectivity index is 2.20. The van der Waals surface area contributed by atoms with E-state index in [-0.39, 0.29) is 6.79 Å². The van der Waals surface area contributed by atoms with Gasteiger partial charge in [0, 0.05) is 12.0 Å². The van der Waals surface area contributed by atoms with Crippen LogP contribution in [-0.4, -0.2) is 12.7 Å². The third-order valence-electron chi connectivity index (χ3n) is 1.70. The van der Waals surface area contributed by atoms with Crippen molar-refractivity contribution in [1.29, 1.82) is 0 Å². The zero-order chi connectivity index (χ0) is 7.84. The maximum atomic E-state index is 10.6. The van der Waals surface area contributed by atoms with E-state index in [1.165, 1.54) is 0 Å². The Bertz CT molecular complexity index is 277. The lowest BCUT2D eigenvalue weighted by Crippen LogP contribution is -2.13. The second-order valence-corrected chi connectivity index (χ2v) is 2.40. The van der Waals surface area contributed by atoms with E-state index in [1.54, 1.807) is 6.08 Å². The van der Waals surface area contributed by atoms with Crippen molar-refractivity contribution in [1.82, 2.24) is 0 Å². The van der Waals surface area contributed by atoms with E-state index in [0.717, 1.165) is 5.76 Å². The third-order valence-corrected chi connectivity index (χ3v) is 1.70. The summed E-state index contributed by atoms with van der Waals surface area (Å²) < 4.78 is 10.1. The number of carbonyl (C=O) groups is 1. The average Bonchev–Trinajstić information content (AvgIpc) is 2.40. The number of amides is 1. The van der Waals surface area contributed by atoms with Crippen LogP contribution in [0.25, 0.3) is 0 Å². The Morgan fingerprint density at radius 3 is 3.00 bits per heavy atom. The van der Waals surface area contributed by atoms with Crippen molar-refractivity contribution >= 4 is 5.91 Å². The number of ether oxygens (including phenoxy) is 2. The first-order valence-corrected chi connectivity index (χ1v) is 3.26. The van der Waals surface area contributed by atoms with E-state index in [2.05, 4.69) is 0 Å². The lowest BCUT2D eigenvalue weighted by atomic mass is 10.2. The molecule has 2 rings (SSSR count). The molecule has 0 saturated carbocycles. The highest BCUT2D eigenvalue weighted by atomic mass is 16.7. The van der Waals surface area contributed by atoms with E-state index < -0.39 is 5.91 Å². The highest BCUT2D eigenvalue weighted by molar-refractivity contribution is 5.93. The number of rotatable bonds is 1. The third kappa shape index (κ3) is 0.869. The molecule has 0 bridgehead atoms. The van der Waals surface area contributed by atoms with Gasteiger partial charge in [-0.3, -0.25) is 4.79 Å². The molecule has 0 atom stereocenters. The van der Waals surface area contributed by atoms with Crippen LogP contribution in [0.3, 0.4) is 0 Å². The molecule has 0 aromatic heterocycles. The molecule has 0 spiro atoms. The predicted octanol–water partition coefficient (Wildman–Crippen LogP) is 0.0177. The Labute approximate surface area is 63.3 Å². The van der Waals surface area contributed by atoms with Gasteiger partial charge >= 0.3 is 0 Å². The van der Waals surface area contributed by atoms with Gasteiger partial charge in [-0.2, -0.15) is 0 Å². The largest absolute Gasteiger partial charge is 0.458 e. The molecule has 1 aliphatic carbocycles. The summed E-state index contributed by atoms with van der Waals surface area (Å²) in [6, 6.07) is 0. The summed E-state index contributed by atoms with van der Waals surface area (Å²) in [5.74, 6) is 0.962. The molecule has 1 aliphatic heterocycles. The van der Waals surface area contributed by atoms with Crippen LogP contribution in [0.15, 0.2) is 23.2 Å². The Morgan fingerprint density at radius 2 is 2.36 bits per heavy atom. The van der Waals surface area contributed by atoms with Gasteiger partial charge < -0.3 is 15.2 Å². The second kappa shape index (κ2) is 2.02. The zero-order valence-corrected chi connectivity index (χ0v) is 5.79. The van der Waals surface area contributed by atoms with Crippen LogP contribution in [-0.2, 0) is 14.3 Å². The number of allylic oxidation sites excluding steroid dienone is 2. The van der Waals surface area contributed by atoms with Crippen molar-refractivity contribution in [3.63, 3.8) is 0 Å². The fourth-order valence-electron chi connectivity index (χ4n) is 1.12. The summed E-state index contributed by atoms with van der Waals surface area (Å²) >= 11 is 0. The summed E-state index contributed by atoms with van der Waals surface area (Å²) in [5, 5.41) is 0. The van der Waals surface area contributed by atoms with Gasteiger partial charge in [-0.05, 0) is 6.08 Å². The van der Waals surface area contributed by atoms with Gasteiger partial charge in [0.25, 0.3) is 0 Å². The summed E-state index contributed by atoms with van der Waals surface area (Å²) in [4.78, 5) is 10.6. The molecule has 0 aromatic rings. The second-order valence-electron chi connectivity index (χ2n) is 2.40. The smallest absolute Gasteiger partial charge is 0.245 e. The molecule has 4 heteroatoms. The standard InChI is InChI=1S/C7H7NO3/c8-7(9)4-1-5-6(2-4)11-3-10-5/h1H,2-3H2,(H2,8,9). The highest BCUT2D eigenvalue weighted by Gasteiger charge is 2.25. The highest BCUT2D eigenvalue weighted by Crippen LogP contribution is 2.30. The van der Waals surface area contributed by atoms with E-state index >= 15 is 0 Å². The van der Waals surface area contributed by atoms with Crippen LogP contribution in [0.1, 0.15) is 6.42 Å². The number of hydrogen-bond donors (Lipinski definition) is 1. The first-order chi connectivity index (χ1) is 5.27. The maximum Gasteiger partial charge on any atom is 0.245 e. The van der Waals surface area contributed by atoms with Crippen molar-refractivity contribution in [3.8, 4) is 0 Å². The van der Waals surface area contributed by atoms with E-state index in [0.29, 0.717) is 17.8 Å². The van der Waals surface area contributed by atoms with Crippen LogP contribution in [0, 0.1) is 0 Å². The molecule has 1 heterocycles. The molecule has 4 nitrogen and oxygen atoms in total. The molecule has 58 valence electrons. The zero-order valence-electron chi connectivity index (χ0n) is 5.79. The van der Waals surface area contributed by atoms with Gasteiger partial charge in [-0.15, -0.1) is 0 Å². The van der Waals surface area contributed by atoms with E-state index in [4.69, 9.17) is 15.2 Å². The van der Waals surface area contributed by atoms with Gasteiger partial charge in [0.05, 0.1) is 0 Å². The Hall–Kier alpha value is -1.45. The summed E-state index contributed by atoms with van der Waals surface area (Å²) in [6.45, 7) is 0.257. The van der Waals surface area contributed by atoms with Crippen molar-refractivity contribution < 1.29 is 14.3 Å². The number of nitrogens with two attached hydrogens (primary N) is 1. The van der Waals surface area contributed by atoms with Crippen LogP contribution in [0.4, 0.5) is 0 Å². The van der Waals surface area contributed by atoms with Crippen molar-refractivity contribution in [3.05, 3.63) is 23.2 Å². The van der Waals surface area contributed by atoms with Crippen LogP contribution < -0.4 is 5.73 Å². The minimum atomic E-state index is -0.411. The quantitative estimate of drug-likeness (QED) is 0.577. The predicted molar refractivity (Wildman–Crippen MR) is 36.0 cm³/mol. The molecule has 0 saturated heterocycles. The minimum Gasteiger partial charge on any atom is -0.458 e. The molecule has 11 heavy (non-hydrogen) atoms. The maximum absolute atomic E-state index is 10.6. The number of hydrogen-bond acceptors (Lipinski definition) is 3. The molecular formula is C7H7NO3. The first-order valence-electron chi connectivity index (χ1n) is 3.26. The normalized spacial score (nSPS) is 20.5. The van der Waals surface area contributed by atoms with E-state index in [1.807, 2.05) is 0 Å². The molecular weight excluding hydrogens is 146 g/mol. The first kappa shape index (κ1) is 6.27. The number of primary amides is 1. The molecule has 2 N–H and O–H groups in total. The molecule has 0 unspecified atom stereocenters. The van der Waals surface area contributed by atoms with Crippen LogP contribution >= 0.6 is 0 Å². The van der Waals surface area contributed by atoms with Crippen molar-refractivity contribution in [2.24, 2.45) is 5.73 Å². The van der Waals surface area contributed by atoms with Gasteiger partial charge in [0.2, 0.25) is 12.7 Å². The fourth-order valence-corrected chi connectivity index (χ4v) is 1.12. The average molecular weight is 153 g/mol. The molecule has 1 amide bonds. The summed E-state index contributed by atoms with van der Waals surface area (Å²) in [7, 11) is 0. The minimum absolute atomic E-state index is 0.257. The lowest BCUT2D eigenvalue weighted by molar-refractivity contribution is -0.114.